The van der Waals surface area contributed by atoms with Gasteiger partial charge in [0.25, 0.3) is 0 Å². The van der Waals surface area contributed by atoms with Gasteiger partial charge in [0.05, 0.1) is 16.6 Å². The van der Waals surface area contributed by atoms with Crippen molar-refractivity contribution in [2.24, 2.45) is 0 Å². The summed E-state index contributed by atoms with van der Waals surface area (Å²) < 4.78 is 15.3. The van der Waals surface area contributed by atoms with Crippen molar-refractivity contribution in [2.75, 3.05) is 0 Å². The Kier molecular flexibility index (Phi) is 5.86. The molecule has 0 unspecified atom stereocenters. The van der Waals surface area contributed by atoms with Crippen LogP contribution >= 0.6 is 0 Å². The summed E-state index contributed by atoms with van der Waals surface area (Å²) in [4.78, 5) is 15.1. The summed E-state index contributed by atoms with van der Waals surface area (Å²) in [6, 6.07) is 53.9. The van der Waals surface area contributed by atoms with Gasteiger partial charge in [-0.2, -0.15) is 0 Å². The number of furan rings is 2. The topological polar surface area (TPSA) is 69.9 Å². The molecular weight excluding hydrogens is 629 g/mol. The number of hydrogen-bond acceptors (Lipinski definition) is 5. The molecule has 0 bridgehead atoms. The summed E-state index contributed by atoms with van der Waals surface area (Å²) >= 11 is 0. The summed E-state index contributed by atoms with van der Waals surface area (Å²) in [5.41, 5.74) is 9.07. The normalized spacial score (nSPS) is 11.9. The largest absolute Gasteiger partial charge is 0.456 e. The molecule has 0 saturated heterocycles. The Bertz CT molecular complexity index is 3140. The van der Waals surface area contributed by atoms with Crippen molar-refractivity contribution >= 4 is 65.7 Å². The third-order valence-corrected chi connectivity index (χ3v) is 9.85. The van der Waals surface area contributed by atoms with Crippen LogP contribution in [0.15, 0.2) is 167 Å². The molecule has 0 aliphatic heterocycles. The molecule has 51 heavy (non-hydrogen) atoms. The van der Waals surface area contributed by atoms with E-state index in [1.807, 2.05) is 66.7 Å². The van der Waals surface area contributed by atoms with Crippen LogP contribution in [0.25, 0.3) is 106 Å². The molecule has 0 atom stereocenters. The highest BCUT2D eigenvalue weighted by Gasteiger charge is 2.21. The molecule has 4 heterocycles. The average Bonchev–Trinajstić information content (AvgIpc) is 3.86. The first-order valence-corrected chi connectivity index (χ1v) is 16.9. The molecule has 0 spiro atoms. The fourth-order valence-corrected chi connectivity index (χ4v) is 7.50. The average molecular weight is 655 g/mol. The fraction of sp³-hybridized carbons (Fsp3) is 0. The van der Waals surface area contributed by atoms with Crippen LogP contribution in [0.5, 0.6) is 0 Å². The number of nitrogens with zero attached hydrogens (tertiary/aromatic N) is 4. The van der Waals surface area contributed by atoms with E-state index in [0.29, 0.717) is 17.5 Å². The van der Waals surface area contributed by atoms with Gasteiger partial charge < -0.3 is 13.4 Å². The molecule has 6 nitrogen and oxygen atoms in total. The van der Waals surface area contributed by atoms with E-state index in [1.165, 1.54) is 10.8 Å². The first-order chi connectivity index (χ1) is 25.3. The maximum absolute atomic E-state index is 6.79. The number of para-hydroxylation sites is 4. The van der Waals surface area contributed by atoms with Gasteiger partial charge in [0.2, 0.25) is 0 Å². The van der Waals surface area contributed by atoms with Gasteiger partial charge in [-0.1, -0.05) is 103 Å². The quantitative estimate of drug-likeness (QED) is 0.189. The molecular formula is C45H26N4O2. The van der Waals surface area contributed by atoms with Gasteiger partial charge in [0.1, 0.15) is 22.3 Å². The van der Waals surface area contributed by atoms with Crippen molar-refractivity contribution in [3.05, 3.63) is 158 Å². The van der Waals surface area contributed by atoms with Gasteiger partial charge >= 0.3 is 0 Å². The summed E-state index contributed by atoms with van der Waals surface area (Å²) in [7, 11) is 0. The van der Waals surface area contributed by atoms with Gasteiger partial charge in [0, 0.05) is 55.2 Å². The highest BCUT2D eigenvalue weighted by molar-refractivity contribution is 6.18. The standard InChI is InChI=1S/C45H26N4O2/c1-3-12-27(13-4-1)43-46-44(28-22-23-32-31-17-8-10-21-39(31)50-40(32)24-28)48-45(47-43)34-19-11-18-33-36-25-35-30-16-7-9-20-37(30)49(29-14-5-2-6-15-29)38(35)26-41(36)51-42(33)34/h1-26H. The third kappa shape index (κ3) is 4.26. The zero-order chi connectivity index (χ0) is 33.5. The van der Waals surface area contributed by atoms with Crippen LogP contribution in [0.2, 0.25) is 0 Å². The van der Waals surface area contributed by atoms with Crippen molar-refractivity contribution < 1.29 is 8.83 Å². The van der Waals surface area contributed by atoms with Gasteiger partial charge in [-0.3, -0.25) is 0 Å². The molecule has 0 N–H and O–H groups in total. The van der Waals surface area contributed by atoms with Crippen LogP contribution in [0.3, 0.4) is 0 Å². The Morgan fingerprint density at radius 2 is 1.04 bits per heavy atom. The van der Waals surface area contributed by atoms with Gasteiger partial charge in [-0.25, -0.2) is 15.0 Å². The SMILES string of the molecule is c1ccc(-c2nc(-c3ccc4c(c3)oc3ccccc34)nc(-c3cccc4c3oc3cc5c(cc34)c3ccccc3n5-c3ccccc3)n2)cc1. The van der Waals surface area contributed by atoms with Gasteiger partial charge in [0.15, 0.2) is 17.5 Å². The van der Waals surface area contributed by atoms with Crippen molar-refractivity contribution in [1.29, 1.82) is 0 Å². The Morgan fingerprint density at radius 3 is 1.90 bits per heavy atom. The Morgan fingerprint density at radius 1 is 0.373 bits per heavy atom. The van der Waals surface area contributed by atoms with E-state index < -0.39 is 0 Å². The lowest BCUT2D eigenvalue weighted by Crippen LogP contribution is -2.00. The number of rotatable bonds is 4. The molecule has 11 rings (SSSR count). The van der Waals surface area contributed by atoms with Crippen molar-refractivity contribution in [1.82, 2.24) is 19.5 Å². The molecule has 6 heteroatoms. The fourth-order valence-electron chi connectivity index (χ4n) is 7.50. The summed E-state index contributed by atoms with van der Waals surface area (Å²) in [5, 5.41) is 6.55. The van der Waals surface area contributed by atoms with Crippen molar-refractivity contribution in [3.8, 4) is 39.9 Å². The van der Waals surface area contributed by atoms with E-state index in [2.05, 4.69) is 95.6 Å². The maximum Gasteiger partial charge on any atom is 0.167 e. The van der Waals surface area contributed by atoms with E-state index in [0.717, 1.165) is 77.3 Å². The predicted molar refractivity (Wildman–Crippen MR) is 205 cm³/mol. The molecule has 0 aliphatic rings. The number of benzene rings is 7. The Hall–Kier alpha value is -7.05. The van der Waals surface area contributed by atoms with Gasteiger partial charge in [-0.05, 0) is 48.5 Å². The molecule has 0 amide bonds. The van der Waals surface area contributed by atoms with E-state index >= 15 is 0 Å². The second-order valence-corrected chi connectivity index (χ2v) is 12.8. The predicted octanol–water partition coefficient (Wildman–Crippen LogP) is 11.8. The van der Waals surface area contributed by atoms with Crippen LogP contribution in [0.1, 0.15) is 0 Å². The maximum atomic E-state index is 6.79. The minimum atomic E-state index is 0.539. The van der Waals surface area contributed by atoms with E-state index in [-0.39, 0.29) is 0 Å². The van der Waals surface area contributed by atoms with E-state index in [4.69, 9.17) is 23.8 Å². The number of fused-ring (bicyclic) bond motifs is 9. The molecule has 0 aliphatic carbocycles. The first kappa shape index (κ1) is 27.9. The monoisotopic (exact) mass is 654 g/mol. The van der Waals surface area contributed by atoms with Crippen LogP contribution < -0.4 is 0 Å². The molecule has 238 valence electrons. The van der Waals surface area contributed by atoms with Crippen molar-refractivity contribution in [3.63, 3.8) is 0 Å². The lowest BCUT2D eigenvalue weighted by Gasteiger charge is -2.08. The molecule has 11 aromatic rings. The zero-order valence-electron chi connectivity index (χ0n) is 27.1. The molecule has 0 saturated carbocycles. The summed E-state index contributed by atoms with van der Waals surface area (Å²) in [6.45, 7) is 0. The molecule has 7 aromatic carbocycles. The second-order valence-electron chi connectivity index (χ2n) is 12.8. The zero-order valence-corrected chi connectivity index (χ0v) is 27.1. The Balaban J connectivity index is 1.14. The van der Waals surface area contributed by atoms with E-state index in [1.54, 1.807) is 0 Å². The molecule has 0 fully saturated rings. The van der Waals surface area contributed by atoms with Crippen LogP contribution in [-0.4, -0.2) is 19.5 Å². The Labute approximate surface area is 290 Å². The van der Waals surface area contributed by atoms with Crippen molar-refractivity contribution in [2.45, 2.75) is 0 Å². The highest BCUT2D eigenvalue weighted by Crippen LogP contribution is 2.41. The van der Waals surface area contributed by atoms with Crippen LogP contribution in [0, 0.1) is 0 Å². The molecule has 0 radical (unpaired) electrons. The molecule has 4 aromatic heterocycles. The minimum Gasteiger partial charge on any atom is -0.456 e. The third-order valence-electron chi connectivity index (χ3n) is 9.85. The smallest absolute Gasteiger partial charge is 0.167 e. The lowest BCUT2D eigenvalue weighted by atomic mass is 10.1. The summed E-state index contributed by atoms with van der Waals surface area (Å²) in [6.07, 6.45) is 0. The second kappa shape index (κ2) is 10.7. The number of hydrogen-bond donors (Lipinski definition) is 0. The minimum absolute atomic E-state index is 0.539. The number of aromatic nitrogens is 4. The summed E-state index contributed by atoms with van der Waals surface area (Å²) in [5.74, 6) is 1.68. The van der Waals surface area contributed by atoms with Gasteiger partial charge in [-0.15, -0.1) is 0 Å². The highest BCUT2D eigenvalue weighted by atomic mass is 16.3. The lowest BCUT2D eigenvalue weighted by molar-refractivity contribution is 0.668. The first-order valence-electron chi connectivity index (χ1n) is 16.9. The van der Waals surface area contributed by atoms with Crippen LogP contribution in [-0.2, 0) is 0 Å². The van der Waals surface area contributed by atoms with Crippen LogP contribution in [0.4, 0.5) is 0 Å². The van der Waals surface area contributed by atoms with E-state index in [9.17, 15) is 0 Å².